The quantitative estimate of drug-likeness (QED) is 0.227. The second kappa shape index (κ2) is 14.5. The lowest BCUT2D eigenvalue weighted by Crippen LogP contribution is -2.41. The minimum Gasteiger partial charge on any atom is -0.457 e. The molecule has 0 aromatic rings. The SMILES string of the molecule is CC(=O)O[C@H]1/C=C/[C@H](C)[C@@H](/C(C)=C/C=C/[C@@H](C)COC(=O)N2CC[C@H](O)C2)OC(=O)C[C@H](C)CC[C@@]1(C)O. The topological polar surface area (TPSA) is 123 Å². The van der Waals surface area contributed by atoms with Crippen LogP contribution in [0.4, 0.5) is 4.79 Å². The Balaban J connectivity index is 2.11. The summed E-state index contributed by atoms with van der Waals surface area (Å²) in [5.41, 5.74) is -0.446. The van der Waals surface area contributed by atoms with Gasteiger partial charge in [0.2, 0.25) is 0 Å². The van der Waals surface area contributed by atoms with Gasteiger partial charge in [-0.15, -0.1) is 0 Å². The Morgan fingerprint density at radius 3 is 2.61 bits per heavy atom. The highest BCUT2D eigenvalue weighted by Gasteiger charge is 2.34. The van der Waals surface area contributed by atoms with Crippen LogP contribution < -0.4 is 0 Å². The van der Waals surface area contributed by atoms with Crippen molar-refractivity contribution in [1.82, 2.24) is 4.90 Å². The van der Waals surface area contributed by atoms with Gasteiger partial charge in [-0.05, 0) is 50.7 Å². The van der Waals surface area contributed by atoms with Crippen LogP contribution in [0.2, 0.25) is 0 Å². The summed E-state index contributed by atoms with van der Waals surface area (Å²) in [4.78, 5) is 38.0. The van der Waals surface area contributed by atoms with E-state index in [0.717, 1.165) is 5.57 Å². The second-order valence-corrected chi connectivity index (χ2v) is 11.1. The lowest BCUT2D eigenvalue weighted by molar-refractivity contribution is -0.156. The fourth-order valence-corrected chi connectivity index (χ4v) is 4.55. The molecule has 1 fully saturated rings. The van der Waals surface area contributed by atoms with Gasteiger partial charge in [-0.2, -0.15) is 0 Å². The van der Waals surface area contributed by atoms with E-state index in [1.54, 1.807) is 13.0 Å². The molecule has 0 radical (unpaired) electrons. The van der Waals surface area contributed by atoms with Crippen LogP contribution in [-0.4, -0.2) is 76.8 Å². The first-order chi connectivity index (χ1) is 17.8. The summed E-state index contributed by atoms with van der Waals surface area (Å²) in [6.07, 6.45) is 8.58. The number of carbonyl (C=O) groups excluding carboxylic acids is 3. The Hall–Kier alpha value is -2.65. The van der Waals surface area contributed by atoms with Crippen LogP contribution >= 0.6 is 0 Å². The number of rotatable bonds is 6. The zero-order valence-electron chi connectivity index (χ0n) is 23.6. The maximum absolute atomic E-state index is 12.7. The van der Waals surface area contributed by atoms with Crippen LogP contribution in [0.15, 0.2) is 36.0 Å². The molecule has 2 rings (SSSR count). The van der Waals surface area contributed by atoms with E-state index in [9.17, 15) is 24.6 Å². The maximum Gasteiger partial charge on any atom is 0.409 e. The largest absolute Gasteiger partial charge is 0.457 e. The molecule has 0 aromatic carbocycles. The third-order valence-electron chi connectivity index (χ3n) is 7.03. The van der Waals surface area contributed by atoms with Crippen molar-refractivity contribution in [3.8, 4) is 0 Å². The average Bonchev–Trinajstić information content (AvgIpc) is 3.27. The van der Waals surface area contributed by atoms with Crippen LogP contribution in [0.5, 0.6) is 0 Å². The summed E-state index contributed by atoms with van der Waals surface area (Å²) < 4.78 is 16.7. The number of ether oxygens (including phenoxy) is 3. The molecule has 7 atom stereocenters. The van der Waals surface area contributed by atoms with Crippen LogP contribution in [0.3, 0.4) is 0 Å². The van der Waals surface area contributed by atoms with Gasteiger partial charge in [0.15, 0.2) is 0 Å². The van der Waals surface area contributed by atoms with Crippen molar-refractivity contribution < 1.29 is 38.8 Å². The van der Waals surface area contributed by atoms with E-state index in [-0.39, 0.29) is 36.8 Å². The summed E-state index contributed by atoms with van der Waals surface area (Å²) in [5.74, 6) is -1.08. The zero-order valence-corrected chi connectivity index (χ0v) is 23.6. The number of cyclic esters (lactones) is 1. The monoisotopic (exact) mass is 535 g/mol. The van der Waals surface area contributed by atoms with Gasteiger partial charge < -0.3 is 29.3 Å². The van der Waals surface area contributed by atoms with Gasteiger partial charge in [-0.25, -0.2) is 4.79 Å². The number of β-amino-alcohol motifs (C(OH)–C–C–N with tert-alkyl or cyclic N) is 1. The number of hydrogen-bond donors (Lipinski definition) is 2. The lowest BCUT2D eigenvalue weighted by atomic mass is 9.87. The Morgan fingerprint density at radius 2 is 1.97 bits per heavy atom. The van der Waals surface area contributed by atoms with Gasteiger partial charge in [0, 0.05) is 38.3 Å². The van der Waals surface area contributed by atoms with Crippen molar-refractivity contribution in [3.05, 3.63) is 36.0 Å². The lowest BCUT2D eigenvalue weighted by Gasteiger charge is -2.32. The number of esters is 2. The van der Waals surface area contributed by atoms with E-state index in [0.29, 0.717) is 32.4 Å². The first kappa shape index (κ1) is 31.6. The third kappa shape index (κ3) is 10.3. The van der Waals surface area contributed by atoms with Crippen LogP contribution in [0, 0.1) is 17.8 Å². The second-order valence-electron chi connectivity index (χ2n) is 11.1. The Labute approximate surface area is 226 Å². The molecule has 0 aromatic heterocycles. The van der Waals surface area contributed by atoms with Crippen molar-refractivity contribution >= 4 is 18.0 Å². The first-order valence-corrected chi connectivity index (χ1v) is 13.5. The highest BCUT2D eigenvalue weighted by Crippen LogP contribution is 2.28. The molecule has 2 aliphatic heterocycles. The first-order valence-electron chi connectivity index (χ1n) is 13.5. The molecule has 2 heterocycles. The van der Waals surface area contributed by atoms with Gasteiger partial charge in [-0.1, -0.05) is 45.1 Å². The number of nitrogens with zero attached hydrogens (tertiary/aromatic N) is 1. The molecule has 214 valence electrons. The molecule has 0 aliphatic carbocycles. The van der Waals surface area contributed by atoms with Gasteiger partial charge in [0.25, 0.3) is 0 Å². The van der Waals surface area contributed by atoms with Crippen molar-refractivity contribution in [2.45, 2.75) is 91.1 Å². The standard InChI is InChI=1S/C29H45NO8/c1-19-12-14-29(6,35)25(37-23(5)31)11-10-22(4)27(38-26(33)16-19)21(3)9-7-8-20(2)18-36-28(34)30-15-13-24(32)17-30/h7-11,19-20,22,24-25,27,32,35H,12-18H2,1-6H3/b8-7+,11-10+,21-9+/t19-,20-,22+,24+,25+,27-,29-/m1/s1. The molecular formula is C29H45NO8. The summed E-state index contributed by atoms with van der Waals surface area (Å²) in [7, 11) is 0. The summed E-state index contributed by atoms with van der Waals surface area (Å²) >= 11 is 0. The summed E-state index contributed by atoms with van der Waals surface area (Å²) in [5, 5.41) is 20.6. The van der Waals surface area contributed by atoms with Gasteiger partial charge in [-0.3, -0.25) is 9.59 Å². The fraction of sp³-hybridized carbons (Fsp3) is 0.690. The molecule has 2 N–H and O–H groups in total. The van der Waals surface area contributed by atoms with Gasteiger partial charge >= 0.3 is 18.0 Å². The number of amides is 1. The fourth-order valence-electron chi connectivity index (χ4n) is 4.55. The highest BCUT2D eigenvalue weighted by atomic mass is 16.6. The highest BCUT2D eigenvalue weighted by molar-refractivity contribution is 5.70. The average molecular weight is 536 g/mol. The molecule has 38 heavy (non-hydrogen) atoms. The van der Waals surface area contributed by atoms with Crippen LogP contribution in [-0.2, 0) is 23.8 Å². The van der Waals surface area contributed by atoms with Crippen LogP contribution in [0.25, 0.3) is 0 Å². The van der Waals surface area contributed by atoms with Crippen molar-refractivity contribution in [2.24, 2.45) is 17.8 Å². The van der Waals surface area contributed by atoms with E-state index in [1.807, 2.05) is 52.0 Å². The number of aliphatic hydroxyl groups is 2. The molecule has 0 spiro atoms. The Bertz CT molecular complexity index is 908. The predicted octanol–water partition coefficient (Wildman–Crippen LogP) is 3.94. The minimum atomic E-state index is -1.27. The molecule has 1 saturated heterocycles. The van der Waals surface area contributed by atoms with E-state index in [2.05, 4.69) is 0 Å². The smallest absolute Gasteiger partial charge is 0.409 e. The molecular weight excluding hydrogens is 490 g/mol. The molecule has 0 bridgehead atoms. The van der Waals surface area contributed by atoms with E-state index in [1.165, 1.54) is 11.8 Å². The number of allylic oxidation sites excluding steroid dienone is 2. The number of carbonyl (C=O) groups is 3. The number of likely N-dealkylation sites (tertiary alicyclic amines) is 1. The minimum absolute atomic E-state index is 0.0112. The Morgan fingerprint density at radius 1 is 1.26 bits per heavy atom. The molecule has 0 unspecified atom stereocenters. The van der Waals surface area contributed by atoms with E-state index >= 15 is 0 Å². The summed E-state index contributed by atoms with van der Waals surface area (Å²) in [6, 6.07) is 0. The molecule has 9 heteroatoms. The molecule has 9 nitrogen and oxygen atoms in total. The Kier molecular flexibility index (Phi) is 12.0. The molecule has 2 aliphatic rings. The summed E-state index contributed by atoms with van der Waals surface area (Å²) in [6.45, 7) is 11.6. The van der Waals surface area contributed by atoms with Crippen molar-refractivity contribution in [2.75, 3.05) is 19.7 Å². The van der Waals surface area contributed by atoms with Gasteiger partial charge in [0.1, 0.15) is 17.8 Å². The third-order valence-corrected chi connectivity index (χ3v) is 7.03. The van der Waals surface area contributed by atoms with Crippen LogP contribution in [0.1, 0.15) is 67.2 Å². The number of hydrogen-bond acceptors (Lipinski definition) is 8. The van der Waals surface area contributed by atoms with E-state index in [4.69, 9.17) is 14.2 Å². The maximum atomic E-state index is 12.7. The molecule has 0 saturated carbocycles. The molecule has 1 amide bonds. The predicted molar refractivity (Wildman–Crippen MR) is 143 cm³/mol. The van der Waals surface area contributed by atoms with Gasteiger partial charge in [0.05, 0.1) is 12.7 Å². The number of aliphatic hydroxyl groups excluding tert-OH is 1. The normalized spacial score (nSPS) is 33.2. The van der Waals surface area contributed by atoms with E-state index < -0.39 is 36.0 Å². The zero-order chi connectivity index (χ0) is 28.5. The van der Waals surface area contributed by atoms with Crippen molar-refractivity contribution in [1.29, 1.82) is 0 Å². The van der Waals surface area contributed by atoms with Crippen molar-refractivity contribution in [3.63, 3.8) is 0 Å².